The van der Waals surface area contributed by atoms with Gasteiger partial charge < -0.3 is 24.3 Å². The summed E-state index contributed by atoms with van der Waals surface area (Å²) in [5, 5.41) is 10.1. The predicted octanol–water partition coefficient (Wildman–Crippen LogP) is 2.97. The van der Waals surface area contributed by atoms with Gasteiger partial charge in [0.15, 0.2) is 5.82 Å². The van der Waals surface area contributed by atoms with E-state index in [1.54, 1.807) is 12.1 Å². The normalized spacial score (nSPS) is 16.4. The minimum atomic E-state index is -0.402. The Kier molecular flexibility index (Phi) is 4.82. The van der Waals surface area contributed by atoms with Gasteiger partial charge in [-0.2, -0.15) is 4.98 Å². The smallest absolute Gasteiger partial charge is 0.336 e. The lowest BCUT2D eigenvalue weighted by molar-refractivity contribution is 0.0835. The Hall–Kier alpha value is -3.20. The van der Waals surface area contributed by atoms with Crippen LogP contribution in [0.3, 0.4) is 0 Å². The minimum absolute atomic E-state index is 0.128. The third kappa shape index (κ3) is 3.74. The zero-order valence-corrected chi connectivity index (χ0v) is 15.6. The Morgan fingerprint density at radius 2 is 2.11 bits per heavy atom. The fourth-order valence-electron chi connectivity index (χ4n) is 3.17. The van der Waals surface area contributed by atoms with Crippen LogP contribution < -0.4 is 16.3 Å². The maximum Gasteiger partial charge on any atom is 0.336 e. The molecule has 0 aliphatic carbocycles. The number of carbonyl (C=O) groups excluding carboxylic acids is 1. The summed E-state index contributed by atoms with van der Waals surface area (Å²) in [5.41, 5.74) is 2.27. The molecule has 0 saturated carbocycles. The predicted molar refractivity (Wildman–Crippen MR) is 100 cm³/mol. The molecule has 2 amide bonds. The molecular weight excluding hydrogens is 364 g/mol. The molecule has 0 bridgehead atoms. The van der Waals surface area contributed by atoms with Gasteiger partial charge in [0.1, 0.15) is 11.7 Å². The number of aryl methyl sites for hydroxylation is 2. The topological polar surface area (TPSA) is 119 Å². The van der Waals surface area contributed by atoms with E-state index in [0.717, 1.165) is 29.4 Å². The van der Waals surface area contributed by atoms with Crippen LogP contribution in [-0.4, -0.2) is 22.8 Å². The van der Waals surface area contributed by atoms with Crippen molar-refractivity contribution in [2.24, 2.45) is 0 Å². The summed E-state index contributed by atoms with van der Waals surface area (Å²) < 4.78 is 15.9. The molecule has 1 atom stereocenters. The van der Waals surface area contributed by atoms with Gasteiger partial charge in [0.25, 0.3) is 5.89 Å². The van der Waals surface area contributed by atoms with E-state index >= 15 is 0 Å². The highest BCUT2D eigenvalue weighted by molar-refractivity contribution is 5.94. The summed E-state index contributed by atoms with van der Waals surface area (Å²) in [4.78, 5) is 28.0. The number of fused-ring (bicyclic) bond motifs is 1. The number of anilines is 1. The Labute approximate surface area is 160 Å². The van der Waals surface area contributed by atoms with Gasteiger partial charge in [0, 0.05) is 23.7 Å². The first-order chi connectivity index (χ1) is 13.5. The van der Waals surface area contributed by atoms with Crippen LogP contribution in [0.5, 0.6) is 0 Å². The van der Waals surface area contributed by atoms with Gasteiger partial charge in [-0.3, -0.25) is 0 Å². The zero-order chi connectivity index (χ0) is 19.7. The van der Waals surface area contributed by atoms with Crippen LogP contribution >= 0.6 is 0 Å². The fraction of sp³-hybridized carbons (Fsp3) is 0.368. The van der Waals surface area contributed by atoms with Crippen molar-refractivity contribution < 1.29 is 18.5 Å². The Balaban J connectivity index is 1.42. The molecule has 2 aromatic heterocycles. The van der Waals surface area contributed by atoms with E-state index in [-0.39, 0.29) is 12.6 Å². The lowest BCUT2D eigenvalue weighted by atomic mass is 10.1. The maximum atomic E-state index is 12.3. The average Bonchev–Trinajstić information content (AvgIpc) is 3.32. The number of benzene rings is 1. The van der Waals surface area contributed by atoms with Crippen molar-refractivity contribution in [3.05, 3.63) is 51.5 Å². The van der Waals surface area contributed by atoms with Gasteiger partial charge in [0.05, 0.1) is 6.54 Å². The Morgan fingerprint density at radius 1 is 1.25 bits per heavy atom. The molecule has 146 valence electrons. The average molecular weight is 384 g/mol. The van der Waals surface area contributed by atoms with Crippen LogP contribution in [0, 0.1) is 13.8 Å². The number of nitrogens with one attached hydrogen (secondary N) is 2. The highest BCUT2D eigenvalue weighted by atomic mass is 16.5. The molecule has 1 aromatic carbocycles. The first kappa shape index (κ1) is 18.2. The number of ether oxygens (including phenoxy) is 1. The van der Waals surface area contributed by atoms with E-state index in [0.29, 0.717) is 29.6 Å². The summed E-state index contributed by atoms with van der Waals surface area (Å²) in [6, 6.07) is 4.53. The molecule has 1 saturated heterocycles. The molecule has 0 spiro atoms. The summed E-state index contributed by atoms with van der Waals surface area (Å²) in [5.74, 6) is 0.825. The van der Waals surface area contributed by atoms with Crippen molar-refractivity contribution in [1.82, 2.24) is 15.5 Å². The van der Waals surface area contributed by atoms with E-state index < -0.39 is 11.7 Å². The van der Waals surface area contributed by atoms with Crippen molar-refractivity contribution in [2.45, 2.75) is 39.3 Å². The van der Waals surface area contributed by atoms with Crippen LogP contribution in [0.4, 0.5) is 10.5 Å². The molecule has 2 N–H and O–H groups in total. The number of carbonyl (C=O) groups is 1. The van der Waals surface area contributed by atoms with Crippen molar-refractivity contribution in [3.8, 4) is 0 Å². The molecule has 28 heavy (non-hydrogen) atoms. The number of urea groups is 1. The van der Waals surface area contributed by atoms with Crippen molar-refractivity contribution in [2.75, 3.05) is 11.9 Å². The molecule has 1 aliphatic rings. The van der Waals surface area contributed by atoms with Gasteiger partial charge in [-0.25, -0.2) is 9.59 Å². The molecule has 0 radical (unpaired) electrons. The van der Waals surface area contributed by atoms with Gasteiger partial charge in [0.2, 0.25) is 0 Å². The number of nitrogens with zero attached hydrogens (tertiary/aromatic N) is 2. The quantitative estimate of drug-likeness (QED) is 0.664. The van der Waals surface area contributed by atoms with Crippen LogP contribution in [0.15, 0.2) is 31.9 Å². The van der Waals surface area contributed by atoms with Crippen molar-refractivity contribution >= 4 is 22.7 Å². The van der Waals surface area contributed by atoms with E-state index in [9.17, 15) is 9.59 Å². The molecule has 9 nitrogen and oxygen atoms in total. The number of aromatic nitrogens is 2. The molecule has 3 heterocycles. The van der Waals surface area contributed by atoms with Gasteiger partial charge >= 0.3 is 11.7 Å². The molecule has 3 aromatic rings. The molecular formula is C19H20N4O5. The van der Waals surface area contributed by atoms with E-state index in [4.69, 9.17) is 13.7 Å². The third-order valence-electron chi connectivity index (χ3n) is 4.64. The third-order valence-corrected chi connectivity index (χ3v) is 4.64. The van der Waals surface area contributed by atoms with Crippen LogP contribution in [0.25, 0.3) is 11.0 Å². The maximum absolute atomic E-state index is 12.3. The van der Waals surface area contributed by atoms with Gasteiger partial charge in [-0.05, 0) is 49.9 Å². The van der Waals surface area contributed by atoms with Crippen LogP contribution in [0.1, 0.15) is 41.8 Å². The standard InChI is InChI=1S/C19H20N4O5/c1-10-7-17(24)27-15-6-11(2)13(8-12(10)15)21-19(25)20-9-16-22-18(28-23-16)14-4-3-5-26-14/h6-8,14H,3-5,9H2,1-2H3,(H2,20,21,25). The Morgan fingerprint density at radius 3 is 2.89 bits per heavy atom. The summed E-state index contributed by atoms with van der Waals surface area (Å²) in [6.45, 7) is 4.46. The highest BCUT2D eigenvalue weighted by Gasteiger charge is 2.23. The van der Waals surface area contributed by atoms with Crippen molar-refractivity contribution in [1.29, 1.82) is 0 Å². The first-order valence-corrected chi connectivity index (χ1v) is 9.03. The lowest BCUT2D eigenvalue weighted by Gasteiger charge is -2.11. The van der Waals surface area contributed by atoms with Gasteiger partial charge in [-0.15, -0.1) is 0 Å². The van der Waals surface area contributed by atoms with Crippen LogP contribution in [0.2, 0.25) is 0 Å². The number of hydrogen-bond donors (Lipinski definition) is 2. The second-order valence-electron chi connectivity index (χ2n) is 6.77. The summed E-state index contributed by atoms with van der Waals surface area (Å²) in [6.07, 6.45) is 1.67. The summed E-state index contributed by atoms with van der Waals surface area (Å²) >= 11 is 0. The van der Waals surface area contributed by atoms with Crippen LogP contribution in [-0.2, 0) is 11.3 Å². The molecule has 4 rings (SSSR count). The van der Waals surface area contributed by atoms with Gasteiger partial charge in [-0.1, -0.05) is 5.16 Å². The largest absolute Gasteiger partial charge is 0.423 e. The van der Waals surface area contributed by atoms with E-state index in [1.807, 2.05) is 13.8 Å². The lowest BCUT2D eigenvalue weighted by Crippen LogP contribution is -2.29. The SMILES string of the molecule is Cc1cc2oc(=O)cc(C)c2cc1NC(=O)NCc1noc(C2CCCO2)n1. The number of rotatable bonds is 4. The second-order valence-corrected chi connectivity index (χ2v) is 6.77. The second kappa shape index (κ2) is 7.43. The molecule has 1 aliphatic heterocycles. The molecule has 1 unspecified atom stereocenters. The monoisotopic (exact) mass is 384 g/mol. The summed E-state index contributed by atoms with van der Waals surface area (Å²) in [7, 11) is 0. The highest BCUT2D eigenvalue weighted by Crippen LogP contribution is 2.27. The van der Waals surface area contributed by atoms with E-state index in [1.165, 1.54) is 6.07 Å². The Bertz CT molecular complexity index is 1080. The fourth-order valence-corrected chi connectivity index (χ4v) is 3.17. The minimum Gasteiger partial charge on any atom is -0.423 e. The zero-order valence-electron chi connectivity index (χ0n) is 15.6. The molecule has 9 heteroatoms. The number of amides is 2. The van der Waals surface area contributed by atoms with E-state index in [2.05, 4.69) is 20.8 Å². The van der Waals surface area contributed by atoms with Crippen molar-refractivity contribution in [3.63, 3.8) is 0 Å². The molecule has 1 fully saturated rings. The number of hydrogen-bond acceptors (Lipinski definition) is 7. The first-order valence-electron chi connectivity index (χ1n) is 9.03.